The lowest BCUT2D eigenvalue weighted by Gasteiger charge is -2.29. The molecule has 1 saturated carbocycles. The monoisotopic (exact) mass is 386 g/mol. The summed E-state index contributed by atoms with van der Waals surface area (Å²) in [5.74, 6) is -1.13. The molecule has 6 nitrogen and oxygen atoms in total. The van der Waals surface area contributed by atoms with Crippen molar-refractivity contribution in [2.75, 3.05) is 6.61 Å². The van der Waals surface area contributed by atoms with Gasteiger partial charge in [0.1, 0.15) is 0 Å². The Balaban J connectivity index is 1.79. The van der Waals surface area contributed by atoms with Gasteiger partial charge in [0.15, 0.2) is 6.61 Å². The average molecular weight is 387 g/mol. The topological polar surface area (TPSA) is 84.5 Å². The van der Waals surface area contributed by atoms with Gasteiger partial charge in [-0.3, -0.25) is 10.1 Å². The number of benzene rings is 1. The first-order chi connectivity index (χ1) is 11.9. The average Bonchev–Trinajstić information content (AvgIpc) is 2.57. The van der Waals surface area contributed by atoms with E-state index in [9.17, 15) is 14.4 Å². The number of rotatable bonds is 4. The zero-order chi connectivity index (χ0) is 18.4. The van der Waals surface area contributed by atoms with Crippen LogP contribution >= 0.6 is 23.2 Å². The predicted octanol–water partition coefficient (Wildman–Crippen LogP) is 3.55. The van der Waals surface area contributed by atoms with E-state index in [-0.39, 0.29) is 21.7 Å². The number of amides is 3. The van der Waals surface area contributed by atoms with Crippen molar-refractivity contribution in [2.24, 2.45) is 5.92 Å². The van der Waals surface area contributed by atoms with Crippen LogP contribution in [0.25, 0.3) is 0 Å². The highest BCUT2D eigenvalue weighted by atomic mass is 35.5. The zero-order valence-electron chi connectivity index (χ0n) is 13.8. The molecule has 1 aromatic rings. The number of nitrogens with one attached hydrogen (secondary N) is 2. The minimum Gasteiger partial charge on any atom is -0.452 e. The van der Waals surface area contributed by atoms with Crippen LogP contribution in [-0.4, -0.2) is 30.6 Å². The summed E-state index contributed by atoms with van der Waals surface area (Å²) >= 11 is 11.7. The summed E-state index contributed by atoms with van der Waals surface area (Å²) in [4.78, 5) is 35.5. The molecule has 2 N–H and O–H groups in total. The number of carbonyl (C=O) groups is 3. The third kappa shape index (κ3) is 5.61. The van der Waals surface area contributed by atoms with Gasteiger partial charge in [-0.2, -0.15) is 0 Å². The summed E-state index contributed by atoms with van der Waals surface area (Å²) in [6, 6.07) is 3.98. The van der Waals surface area contributed by atoms with Crippen LogP contribution < -0.4 is 10.6 Å². The molecule has 1 aliphatic carbocycles. The van der Waals surface area contributed by atoms with Crippen molar-refractivity contribution in [3.05, 3.63) is 33.8 Å². The van der Waals surface area contributed by atoms with E-state index in [1.165, 1.54) is 12.1 Å². The summed E-state index contributed by atoms with van der Waals surface area (Å²) in [7, 11) is 0. The Labute approximate surface area is 156 Å². The minimum atomic E-state index is -0.788. The molecule has 1 aliphatic rings. The molecule has 25 heavy (non-hydrogen) atoms. The Kier molecular flexibility index (Phi) is 7.08. The molecule has 136 valence electrons. The van der Waals surface area contributed by atoms with Crippen molar-refractivity contribution in [1.29, 1.82) is 0 Å². The molecule has 2 atom stereocenters. The Hall–Kier alpha value is -1.79. The Morgan fingerprint density at radius 1 is 1.20 bits per heavy atom. The highest BCUT2D eigenvalue weighted by molar-refractivity contribution is 6.43. The number of ether oxygens (including phenoxy) is 1. The van der Waals surface area contributed by atoms with Crippen LogP contribution in [0.2, 0.25) is 10.0 Å². The maximum atomic E-state index is 11.9. The lowest BCUT2D eigenvalue weighted by atomic mass is 9.86. The summed E-state index contributed by atoms with van der Waals surface area (Å²) < 4.78 is 4.86. The zero-order valence-corrected chi connectivity index (χ0v) is 15.3. The summed E-state index contributed by atoms with van der Waals surface area (Å²) in [6.45, 7) is 1.48. The Bertz CT molecular complexity index is 666. The third-order valence-electron chi connectivity index (χ3n) is 4.19. The molecule has 1 fully saturated rings. The van der Waals surface area contributed by atoms with E-state index < -0.39 is 24.5 Å². The molecule has 0 aromatic heterocycles. The molecule has 8 heteroatoms. The van der Waals surface area contributed by atoms with Crippen LogP contribution in [0.15, 0.2) is 18.2 Å². The van der Waals surface area contributed by atoms with Gasteiger partial charge >= 0.3 is 12.0 Å². The van der Waals surface area contributed by atoms with Crippen LogP contribution in [-0.2, 0) is 9.53 Å². The molecule has 0 aliphatic heterocycles. The smallest absolute Gasteiger partial charge is 0.340 e. The maximum Gasteiger partial charge on any atom is 0.340 e. The van der Waals surface area contributed by atoms with Crippen LogP contribution in [0.3, 0.4) is 0 Å². The van der Waals surface area contributed by atoms with Gasteiger partial charge in [-0.25, -0.2) is 9.59 Å². The van der Waals surface area contributed by atoms with Crippen molar-refractivity contribution in [3.8, 4) is 0 Å². The number of halogens is 2. The molecular weight excluding hydrogens is 367 g/mol. The lowest BCUT2D eigenvalue weighted by molar-refractivity contribution is -0.123. The minimum absolute atomic E-state index is 0.0503. The molecule has 0 heterocycles. The van der Waals surface area contributed by atoms with Gasteiger partial charge in [0.25, 0.3) is 5.91 Å². The van der Waals surface area contributed by atoms with Gasteiger partial charge in [0, 0.05) is 6.04 Å². The quantitative estimate of drug-likeness (QED) is 0.774. The molecule has 0 saturated heterocycles. The van der Waals surface area contributed by atoms with Gasteiger partial charge in [0.2, 0.25) is 0 Å². The second kappa shape index (κ2) is 9.06. The number of hydrogen-bond donors (Lipinski definition) is 2. The highest BCUT2D eigenvalue weighted by Gasteiger charge is 2.23. The van der Waals surface area contributed by atoms with Crippen molar-refractivity contribution < 1.29 is 19.1 Å². The van der Waals surface area contributed by atoms with Crippen molar-refractivity contribution in [2.45, 2.75) is 38.6 Å². The second-order valence-electron chi connectivity index (χ2n) is 6.07. The van der Waals surface area contributed by atoms with E-state index in [4.69, 9.17) is 27.9 Å². The fourth-order valence-corrected chi connectivity index (χ4v) is 3.15. The Morgan fingerprint density at radius 3 is 2.64 bits per heavy atom. The van der Waals surface area contributed by atoms with Gasteiger partial charge in [-0.05, 0) is 30.9 Å². The van der Waals surface area contributed by atoms with E-state index >= 15 is 0 Å². The molecule has 2 rings (SSSR count). The highest BCUT2D eigenvalue weighted by Crippen LogP contribution is 2.26. The molecule has 0 radical (unpaired) electrons. The van der Waals surface area contributed by atoms with Crippen LogP contribution in [0, 0.1) is 5.92 Å². The fraction of sp³-hybridized carbons (Fsp3) is 0.471. The first kappa shape index (κ1) is 19.5. The van der Waals surface area contributed by atoms with Crippen LogP contribution in [0.5, 0.6) is 0 Å². The largest absolute Gasteiger partial charge is 0.452 e. The van der Waals surface area contributed by atoms with E-state index in [1.807, 2.05) is 0 Å². The van der Waals surface area contributed by atoms with E-state index in [0.29, 0.717) is 5.92 Å². The van der Waals surface area contributed by atoms with Crippen molar-refractivity contribution in [3.63, 3.8) is 0 Å². The SMILES string of the molecule is C[C@H]1CCCC[C@@H]1NC(=O)NC(=O)COC(=O)c1cccc(Cl)c1Cl. The number of esters is 1. The summed E-state index contributed by atoms with van der Waals surface area (Å²) in [5, 5.41) is 5.20. The number of imide groups is 1. The Morgan fingerprint density at radius 2 is 1.92 bits per heavy atom. The number of hydrogen-bond acceptors (Lipinski definition) is 4. The lowest BCUT2D eigenvalue weighted by Crippen LogP contribution is -2.48. The van der Waals surface area contributed by atoms with Crippen LogP contribution in [0.1, 0.15) is 43.0 Å². The van der Waals surface area contributed by atoms with Crippen molar-refractivity contribution >= 4 is 41.1 Å². The van der Waals surface area contributed by atoms with Crippen molar-refractivity contribution in [1.82, 2.24) is 10.6 Å². The maximum absolute atomic E-state index is 11.9. The van der Waals surface area contributed by atoms with Gasteiger partial charge in [-0.1, -0.05) is 49.0 Å². The fourth-order valence-electron chi connectivity index (χ4n) is 2.77. The molecule has 1 aromatic carbocycles. The standard InChI is InChI=1S/C17H20Cl2N2O4/c1-10-5-2-3-8-13(10)20-17(24)21-14(22)9-25-16(23)11-6-4-7-12(18)15(11)19/h4,6-7,10,13H,2-3,5,8-9H2,1H3,(H2,20,21,22,24)/t10-,13-/m0/s1. The molecule has 0 unspecified atom stereocenters. The third-order valence-corrected chi connectivity index (χ3v) is 5.01. The number of carbonyl (C=O) groups excluding carboxylic acids is 3. The molecule has 3 amide bonds. The molecular formula is C17H20Cl2N2O4. The van der Waals surface area contributed by atoms with Gasteiger partial charge in [-0.15, -0.1) is 0 Å². The summed E-state index contributed by atoms with van der Waals surface area (Å²) in [6.07, 6.45) is 4.16. The van der Waals surface area contributed by atoms with E-state index in [1.54, 1.807) is 6.07 Å². The number of urea groups is 1. The molecule has 0 spiro atoms. The first-order valence-electron chi connectivity index (χ1n) is 8.10. The molecule has 0 bridgehead atoms. The van der Waals surface area contributed by atoms with E-state index in [2.05, 4.69) is 17.6 Å². The van der Waals surface area contributed by atoms with Gasteiger partial charge < -0.3 is 10.1 Å². The van der Waals surface area contributed by atoms with Gasteiger partial charge in [0.05, 0.1) is 15.6 Å². The second-order valence-corrected chi connectivity index (χ2v) is 6.85. The van der Waals surface area contributed by atoms with E-state index in [0.717, 1.165) is 25.7 Å². The predicted molar refractivity (Wildman–Crippen MR) is 94.8 cm³/mol. The first-order valence-corrected chi connectivity index (χ1v) is 8.85. The van der Waals surface area contributed by atoms with Crippen LogP contribution in [0.4, 0.5) is 4.79 Å². The summed E-state index contributed by atoms with van der Waals surface area (Å²) in [5.41, 5.74) is 0.0578. The normalized spacial score (nSPS) is 19.8.